The maximum Gasteiger partial charge on any atom is 0.416 e. The van der Waals surface area contributed by atoms with E-state index in [-0.39, 0.29) is 55.7 Å². The van der Waals surface area contributed by atoms with Crippen molar-refractivity contribution in [3.8, 4) is 5.75 Å². The molecule has 1 heterocycles. The fourth-order valence-corrected chi connectivity index (χ4v) is 5.64. The van der Waals surface area contributed by atoms with Crippen LogP contribution in [-0.4, -0.2) is 77.8 Å². The average Bonchev–Trinajstić information content (AvgIpc) is 3.04. The first-order chi connectivity index (χ1) is 21.3. The van der Waals surface area contributed by atoms with Gasteiger partial charge in [0, 0.05) is 42.5 Å². The number of ether oxygens (including phenoxy) is 1. The number of hydrogen-bond acceptors (Lipinski definition) is 5. The average molecular weight is 634 g/mol. The number of amides is 5. The molecule has 45 heavy (non-hydrogen) atoms. The predicted octanol–water partition coefficient (Wildman–Crippen LogP) is 5.47. The topological polar surface area (TPSA) is 123 Å². The standard InChI is InChI=1S/C32H42F3N5O5/c1-20-17-40(21(2)19-41)29(42)16-22-15-26(37-30(43)36-24-7-5-4-6-8-24)13-14-27(22)45-28(20)18-39(3)31(44)38-25-11-9-23(10-12-25)32(33,34)35/h9-15,20-21,24,28,41H,4-8,16-19H2,1-3H3,(H,38,44)(H2,36,37,43)/t20-,21+,28+/m0/s1. The Hall–Kier alpha value is -4.00. The fourth-order valence-electron chi connectivity index (χ4n) is 5.64. The minimum absolute atomic E-state index is 0.0247. The van der Waals surface area contributed by atoms with Crippen LogP contribution in [0.25, 0.3) is 0 Å². The molecule has 2 aromatic carbocycles. The van der Waals surface area contributed by atoms with Crippen LogP contribution in [0.4, 0.5) is 34.1 Å². The van der Waals surface area contributed by atoms with Crippen molar-refractivity contribution in [3.05, 3.63) is 53.6 Å². The predicted molar refractivity (Wildman–Crippen MR) is 164 cm³/mol. The Kier molecular flexibility index (Phi) is 11.2. The Labute approximate surface area is 261 Å². The van der Waals surface area contributed by atoms with E-state index in [2.05, 4.69) is 16.0 Å². The lowest BCUT2D eigenvalue weighted by atomic mass is 9.96. The summed E-state index contributed by atoms with van der Waals surface area (Å²) in [6.45, 7) is 3.73. The minimum atomic E-state index is -4.49. The summed E-state index contributed by atoms with van der Waals surface area (Å²) < 4.78 is 45.2. The van der Waals surface area contributed by atoms with Crippen LogP contribution in [0, 0.1) is 5.92 Å². The van der Waals surface area contributed by atoms with E-state index in [0.717, 1.165) is 37.8 Å². The summed E-state index contributed by atoms with van der Waals surface area (Å²) in [4.78, 5) is 42.1. The van der Waals surface area contributed by atoms with Crippen molar-refractivity contribution < 1.29 is 37.4 Å². The van der Waals surface area contributed by atoms with Gasteiger partial charge in [0.2, 0.25) is 5.91 Å². The zero-order valence-corrected chi connectivity index (χ0v) is 25.8. The van der Waals surface area contributed by atoms with Crippen molar-refractivity contribution >= 4 is 29.3 Å². The van der Waals surface area contributed by atoms with Crippen molar-refractivity contribution in [1.29, 1.82) is 0 Å². The first kappa shape index (κ1) is 33.9. The van der Waals surface area contributed by atoms with Crippen molar-refractivity contribution in [3.63, 3.8) is 0 Å². The Bertz CT molecular complexity index is 1330. The molecular formula is C32H42F3N5O5. The van der Waals surface area contributed by atoms with E-state index >= 15 is 0 Å². The van der Waals surface area contributed by atoms with E-state index in [1.165, 1.54) is 23.5 Å². The molecule has 0 saturated heterocycles. The number of urea groups is 2. The van der Waals surface area contributed by atoms with Crippen LogP contribution in [0.15, 0.2) is 42.5 Å². The monoisotopic (exact) mass is 633 g/mol. The number of aliphatic hydroxyl groups is 1. The number of rotatable bonds is 7. The van der Waals surface area contributed by atoms with Gasteiger partial charge in [-0.25, -0.2) is 9.59 Å². The van der Waals surface area contributed by atoms with E-state index in [1.54, 1.807) is 37.1 Å². The Morgan fingerprint density at radius 3 is 2.38 bits per heavy atom. The zero-order chi connectivity index (χ0) is 32.7. The highest BCUT2D eigenvalue weighted by Crippen LogP contribution is 2.31. The first-order valence-electron chi connectivity index (χ1n) is 15.3. The molecule has 1 fully saturated rings. The lowest BCUT2D eigenvalue weighted by Gasteiger charge is -2.34. The van der Waals surface area contributed by atoms with Gasteiger partial charge in [-0.2, -0.15) is 13.2 Å². The number of aliphatic hydroxyl groups excluding tert-OH is 1. The third kappa shape index (κ3) is 9.25. The zero-order valence-electron chi connectivity index (χ0n) is 25.8. The SMILES string of the molecule is C[C@H](CO)N1C[C@H](C)[C@@H](CN(C)C(=O)Nc2ccc(C(F)(F)F)cc2)Oc2ccc(NC(=O)NC3CCCCC3)cc2CC1=O. The number of likely N-dealkylation sites (N-methyl/N-ethyl adjacent to an activating group) is 1. The Balaban J connectivity index is 1.51. The summed E-state index contributed by atoms with van der Waals surface area (Å²) in [6, 6.07) is 8.03. The quantitative estimate of drug-likeness (QED) is 0.322. The lowest BCUT2D eigenvalue weighted by molar-refractivity contribution is -0.137. The minimum Gasteiger partial charge on any atom is -0.488 e. The molecule has 2 aliphatic rings. The van der Waals surface area contributed by atoms with Crippen LogP contribution in [0.3, 0.4) is 0 Å². The Morgan fingerprint density at radius 2 is 1.73 bits per heavy atom. The van der Waals surface area contributed by atoms with Gasteiger partial charge in [0.25, 0.3) is 0 Å². The number of nitrogens with zero attached hydrogens (tertiary/aromatic N) is 2. The first-order valence-corrected chi connectivity index (χ1v) is 15.3. The van der Waals surface area contributed by atoms with Gasteiger partial charge in [-0.05, 0) is 62.2 Å². The number of fused-ring (bicyclic) bond motifs is 1. The van der Waals surface area contributed by atoms with Crippen LogP contribution < -0.4 is 20.7 Å². The molecule has 1 aliphatic carbocycles. The summed E-state index contributed by atoms with van der Waals surface area (Å²) in [6.07, 6.45) is 0.104. The molecule has 0 unspecified atom stereocenters. The molecule has 0 bridgehead atoms. The molecular weight excluding hydrogens is 591 g/mol. The van der Waals surface area contributed by atoms with E-state index in [1.807, 2.05) is 6.92 Å². The molecule has 4 rings (SSSR count). The molecule has 5 amide bonds. The normalized spacial score (nSPS) is 20.1. The second-order valence-electron chi connectivity index (χ2n) is 12.0. The molecule has 10 nitrogen and oxygen atoms in total. The van der Waals surface area contributed by atoms with Gasteiger partial charge >= 0.3 is 18.2 Å². The number of anilines is 2. The third-order valence-corrected chi connectivity index (χ3v) is 8.38. The van der Waals surface area contributed by atoms with Gasteiger partial charge in [0.05, 0.1) is 31.2 Å². The lowest BCUT2D eigenvalue weighted by Crippen LogP contribution is -2.48. The van der Waals surface area contributed by atoms with Gasteiger partial charge in [0.15, 0.2) is 0 Å². The van der Waals surface area contributed by atoms with Crippen LogP contribution in [-0.2, 0) is 17.4 Å². The summed E-state index contributed by atoms with van der Waals surface area (Å²) in [5.41, 5.74) is 0.424. The number of hydrogen-bond donors (Lipinski definition) is 4. The molecule has 1 aliphatic heterocycles. The van der Waals surface area contributed by atoms with E-state index in [4.69, 9.17) is 4.74 Å². The smallest absolute Gasteiger partial charge is 0.416 e. The van der Waals surface area contributed by atoms with Crippen molar-refractivity contribution in [2.75, 3.05) is 37.4 Å². The summed E-state index contributed by atoms with van der Waals surface area (Å²) in [7, 11) is 1.54. The molecule has 13 heteroatoms. The van der Waals surface area contributed by atoms with Gasteiger partial charge in [-0.3, -0.25) is 4.79 Å². The second-order valence-corrected chi connectivity index (χ2v) is 12.0. The maximum absolute atomic E-state index is 13.5. The fraction of sp³-hybridized carbons (Fsp3) is 0.531. The van der Waals surface area contributed by atoms with Crippen molar-refractivity contribution in [1.82, 2.24) is 15.1 Å². The maximum atomic E-state index is 13.5. The van der Waals surface area contributed by atoms with Crippen LogP contribution in [0.2, 0.25) is 0 Å². The van der Waals surface area contributed by atoms with Gasteiger partial charge in [0.1, 0.15) is 11.9 Å². The van der Waals surface area contributed by atoms with E-state index in [9.17, 15) is 32.7 Å². The van der Waals surface area contributed by atoms with E-state index in [0.29, 0.717) is 17.0 Å². The Morgan fingerprint density at radius 1 is 1.07 bits per heavy atom. The molecule has 0 spiro atoms. The second kappa shape index (κ2) is 14.9. The molecule has 0 aromatic heterocycles. The summed E-state index contributed by atoms with van der Waals surface area (Å²) >= 11 is 0. The summed E-state index contributed by atoms with van der Waals surface area (Å²) in [5.74, 6) is -0.0751. The number of benzene rings is 2. The largest absolute Gasteiger partial charge is 0.488 e. The molecule has 2 aromatic rings. The molecule has 3 atom stereocenters. The molecule has 246 valence electrons. The van der Waals surface area contributed by atoms with Crippen LogP contribution in [0.5, 0.6) is 5.75 Å². The molecule has 4 N–H and O–H groups in total. The molecule has 1 saturated carbocycles. The number of carbonyl (C=O) groups is 3. The van der Waals surface area contributed by atoms with E-state index < -0.39 is 29.9 Å². The highest BCUT2D eigenvalue weighted by molar-refractivity contribution is 5.90. The number of carbonyl (C=O) groups excluding carboxylic acids is 3. The van der Waals surface area contributed by atoms with Gasteiger partial charge in [-0.15, -0.1) is 0 Å². The van der Waals surface area contributed by atoms with Gasteiger partial charge in [-0.1, -0.05) is 26.2 Å². The highest BCUT2D eigenvalue weighted by Gasteiger charge is 2.33. The van der Waals surface area contributed by atoms with Crippen LogP contribution in [0.1, 0.15) is 57.1 Å². The van der Waals surface area contributed by atoms with Crippen molar-refractivity contribution in [2.24, 2.45) is 5.92 Å². The molecule has 0 radical (unpaired) electrons. The number of nitrogens with one attached hydrogen (secondary N) is 3. The van der Waals surface area contributed by atoms with Crippen molar-refractivity contribution in [2.45, 2.75) is 76.7 Å². The number of halogens is 3. The van der Waals surface area contributed by atoms with Gasteiger partial charge < -0.3 is 35.6 Å². The number of alkyl halides is 3. The van der Waals surface area contributed by atoms with Crippen LogP contribution >= 0.6 is 0 Å². The third-order valence-electron chi connectivity index (χ3n) is 8.38. The highest BCUT2D eigenvalue weighted by atomic mass is 19.4. The summed E-state index contributed by atoms with van der Waals surface area (Å²) in [5, 5.41) is 18.4.